The van der Waals surface area contributed by atoms with Crippen LogP contribution in [-0.2, 0) is 5.60 Å². The summed E-state index contributed by atoms with van der Waals surface area (Å²) in [6.07, 6.45) is 4.43. The predicted molar refractivity (Wildman–Crippen MR) is 53.5 cm³/mol. The Bertz CT molecular complexity index is 459. The van der Waals surface area contributed by atoms with Gasteiger partial charge in [0.05, 0.1) is 0 Å². The molecule has 1 aromatic carbocycles. The molecule has 0 amide bonds. The Morgan fingerprint density at radius 1 is 1.21 bits per heavy atom. The molecule has 70 valence electrons. The van der Waals surface area contributed by atoms with Crippen molar-refractivity contribution in [3.8, 4) is 0 Å². The maximum Gasteiger partial charge on any atom is 0.145 e. The molecule has 3 rings (SSSR count). The summed E-state index contributed by atoms with van der Waals surface area (Å²) in [5, 5.41) is 20.0. The Kier molecular flexibility index (Phi) is 1.34. The molecule has 2 atom stereocenters. The molecule has 2 N–H and O–H groups in total. The lowest BCUT2D eigenvalue weighted by molar-refractivity contribution is -0.0206. The van der Waals surface area contributed by atoms with Crippen LogP contribution in [0.25, 0.3) is 5.57 Å². The van der Waals surface area contributed by atoms with Gasteiger partial charge in [0.1, 0.15) is 11.7 Å². The second kappa shape index (κ2) is 2.35. The van der Waals surface area contributed by atoms with Crippen LogP contribution < -0.4 is 0 Å². The first kappa shape index (κ1) is 7.97. The Balaban J connectivity index is 2.27. The van der Waals surface area contributed by atoms with Crippen molar-refractivity contribution in [1.29, 1.82) is 0 Å². The third-order valence-electron chi connectivity index (χ3n) is 3.02. The van der Waals surface area contributed by atoms with E-state index in [0.29, 0.717) is 0 Å². The number of allylic oxidation sites excluding steroid dienone is 2. The molecule has 2 unspecified atom stereocenters. The molecule has 0 bridgehead atoms. The second-order valence-corrected chi connectivity index (χ2v) is 3.72. The first-order valence-electron chi connectivity index (χ1n) is 4.64. The average molecular weight is 186 g/mol. The van der Waals surface area contributed by atoms with Gasteiger partial charge in [0, 0.05) is 0 Å². The van der Waals surface area contributed by atoms with Crippen molar-refractivity contribution >= 4 is 5.57 Å². The monoisotopic (exact) mass is 186 g/mol. The fraction of sp³-hybridized carbons (Fsp3) is 0.167. The van der Waals surface area contributed by atoms with Gasteiger partial charge >= 0.3 is 0 Å². The fourth-order valence-corrected chi connectivity index (χ4v) is 2.27. The highest BCUT2D eigenvalue weighted by atomic mass is 16.3. The maximum absolute atomic E-state index is 10.3. The number of hydrogen-bond donors (Lipinski definition) is 2. The standard InChI is InChI=1S/C12H10O2/c13-11-7-3-6-10-8-4-1-2-5-9(8)12(10,11)14/h1-7,11,13-14H. The molecule has 2 aliphatic rings. The first-order chi connectivity index (χ1) is 6.74. The molecule has 0 spiro atoms. The van der Waals surface area contributed by atoms with Crippen LogP contribution in [0.3, 0.4) is 0 Å². The summed E-state index contributed by atoms with van der Waals surface area (Å²) >= 11 is 0. The highest BCUT2D eigenvalue weighted by Gasteiger charge is 2.50. The van der Waals surface area contributed by atoms with Gasteiger partial charge in [-0.1, -0.05) is 42.5 Å². The summed E-state index contributed by atoms with van der Waals surface area (Å²) in [6.45, 7) is 0. The first-order valence-corrected chi connectivity index (χ1v) is 4.64. The van der Waals surface area contributed by atoms with Crippen molar-refractivity contribution < 1.29 is 10.2 Å². The minimum absolute atomic E-state index is 0.822. The van der Waals surface area contributed by atoms with E-state index in [4.69, 9.17) is 0 Å². The molecule has 0 radical (unpaired) electrons. The van der Waals surface area contributed by atoms with Gasteiger partial charge in [0.25, 0.3) is 0 Å². The Morgan fingerprint density at radius 3 is 2.86 bits per heavy atom. The molecule has 0 aromatic heterocycles. The van der Waals surface area contributed by atoms with Crippen LogP contribution in [0.1, 0.15) is 11.1 Å². The topological polar surface area (TPSA) is 40.5 Å². The minimum Gasteiger partial charge on any atom is -0.385 e. The molecule has 2 aliphatic carbocycles. The smallest absolute Gasteiger partial charge is 0.145 e. The number of hydrogen-bond acceptors (Lipinski definition) is 2. The van der Waals surface area contributed by atoms with Gasteiger partial charge in [-0.05, 0) is 16.7 Å². The number of rotatable bonds is 0. The molecular formula is C12H10O2. The van der Waals surface area contributed by atoms with Crippen LogP contribution >= 0.6 is 0 Å². The number of benzene rings is 1. The molecule has 14 heavy (non-hydrogen) atoms. The van der Waals surface area contributed by atoms with Crippen LogP contribution in [0.2, 0.25) is 0 Å². The van der Waals surface area contributed by atoms with Gasteiger partial charge in [-0.3, -0.25) is 0 Å². The van der Waals surface area contributed by atoms with Gasteiger partial charge in [0.15, 0.2) is 0 Å². The van der Waals surface area contributed by atoms with Crippen LogP contribution in [0.4, 0.5) is 0 Å². The van der Waals surface area contributed by atoms with Crippen LogP contribution in [0.15, 0.2) is 42.5 Å². The second-order valence-electron chi connectivity index (χ2n) is 3.72. The van der Waals surface area contributed by atoms with Crippen molar-refractivity contribution in [3.63, 3.8) is 0 Å². The zero-order valence-corrected chi connectivity index (χ0v) is 7.51. The fourth-order valence-electron chi connectivity index (χ4n) is 2.27. The van der Waals surface area contributed by atoms with E-state index in [1.54, 1.807) is 12.2 Å². The van der Waals surface area contributed by atoms with Crippen LogP contribution in [-0.4, -0.2) is 16.3 Å². The van der Waals surface area contributed by atoms with Crippen molar-refractivity contribution in [2.24, 2.45) is 0 Å². The molecular weight excluding hydrogens is 176 g/mol. The van der Waals surface area contributed by atoms with Gasteiger partial charge in [-0.25, -0.2) is 0 Å². The summed E-state index contributed by atoms with van der Waals surface area (Å²) in [5.74, 6) is 0. The van der Waals surface area contributed by atoms with E-state index >= 15 is 0 Å². The summed E-state index contributed by atoms with van der Waals surface area (Å²) in [4.78, 5) is 0. The minimum atomic E-state index is -1.16. The lowest BCUT2D eigenvalue weighted by Gasteiger charge is -2.45. The molecule has 2 nitrogen and oxygen atoms in total. The van der Waals surface area contributed by atoms with E-state index in [-0.39, 0.29) is 0 Å². The van der Waals surface area contributed by atoms with E-state index in [2.05, 4.69) is 0 Å². The summed E-state index contributed by atoms with van der Waals surface area (Å²) < 4.78 is 0. The van der Waals surface area contributed by atoms with Crippen molar-refractivity contribution in [3.05, 3.63) is 53.6 Å². The van der Waals surface area contributed by atoms with Crippen molar-refractivity contribution in [2.75, 3.05) is 0 Å². The van der Waals surface area contributed by atoms with Crippen LogP contribution in [0, 0.1) is 0 Å². The van der Waals surface area contributed by atoms with Crippen LogP contribution in [0.5, 0.6) is 0 Å². The SMILES string of the molecule is OC1C=CC=C2c3ccccc3C21O. The number of aliphatic hydroxyl groups is 2. The van der Waals surface area contributed by atoms with E-state index in [1.165, 1.54) is 0 Å². The Labute approximate surface area is 81.8 Å². The van der Waals surface area contributed by atoms with Crippen molar-refractivity contribution in [2.45, 2.75) is 11.7 Å². The quantitative estimate of drug-likeness (QED) is 0.639. The lowest BCUT2D eigenvalue weighted by atomic mass is 9.64. The van der Waals surface area contributed by atoms with E-state index in [9.17, 15) is 10.2 Å². The van der Waals surface area contributed by atoms with Crippen molar-refractivity contribution in [1.82, 2.24) is 0 Å². The number of fused-ring (bicyclic) bond motifs is 4. The van der Waals surface area contributed by atoms with Gasteiger partial charge in [0.2, 0.25) is 0 Å². The lowest BCUT2D eigenvalue weighted by Crippen LogP contribution is -2.47. The van der Waals surface area contributed by atoms with E-state index < -0.39 is 11.7 Å². The predicted octanol–water partition coefficient (Wildman–Crippen LogP) is 1.20. The Hall–Kier alpha value is -1.38. The summed E-state index contributed by atoms with van der Waals surface area (Å²) in [7, 11) is 0. The molecule has 0 aliphatic heterocycles. The normalized spacial score (nSPS) is 32.7. The molecule has 1 aromatic rings. The van der Waals surface area contributed by atoms with Gasteiger partial charge < -0.3 is 10.2 Å². The summed E-state index contributed by atoms with van der Waals surface area (Å²) in [6, 6.07) is 7.62. The van der Waals surface area contributed by atoms with Gasteiger partial charge in [-0.15, -0.1) is 0 Å². The van der Waals surface area contributed by atoms with E-state index in [1.807, 2.05) is 30.3 Å². The number of aliphatic hydroxyl groups excluding tert-OH is 1. The Morgan fingerprint density at radius 2 is 2.00 bits per heavy atom. The molecule has 0 fully saturated rings. The largest absolute Gasteiger partial charge is 0.385 e. The van der Waals surface area contributed by atoms with Gasteiger partial charge in [-0.2, -0.15) is 0 Å². The zero-order valence-electron chi connectivity index (χ0n) is 7.51. The zero-order chi connectivity index (χ0) is 9.76. The third-order valence-corrected chi connectivity index (χ3v) is 3.02. The molecule has 0 heterocycles. The molecule has 0 saturated heterocycles. The molecule has 0 saturated carbocycles. The highest BCUT2D eigenvalue weighted by molar-refractivity contribution is 5.88. The average Bonchev–Trinajstić information content (AvgIpc) is 2.21. The third kappa shape index (κ3) is 0.694. The summed E-state index contributed by atoms with van der Waals surface area (Å²) in [5.41, 5.74) is 1.52. The maximum atomic E-state index is 10.3. The molecule has 2 heteroatoms. The highest BCUT2D eigenvalue weighted by Crippen LogP contribution is 2.52. The van der Waals surface area contributed by atoms with E-state index in [0.717, 1.165) is 16.7 Å².